The number of aliphatic carboxylic acids is 1. The minimum atomic E-state index is -1.23. The van der Waals surface area contributed by atoms with E-state index in [0.29, 0.717) is 11.5 Å². The van der Waals surface area contributed by atoms with Gasteiger partial charge in [-0.15, -0.1) is 0 Å². The Morgan fingerprint density at radius 2 is 1.32 bits per heavy atom. The topological polar surface area (TPSA) is 64.3 Å². The molecule has 0 radical (unpaired) electrons. The lowest BCUT2D eigenvalue weighted by Crippen LogP contribution is -2.23. The molecule has 1 aliphatic rings. The molecular weight excluding hydrogens is 504 g/mol. The normalized spacial score (nSPS) is 15.1. The van der Waals surface area contributed by atoms with E-state index in [2.05, 4.69) is 109 Å². The van der Waals surface area contributed by atoms with E-state index in [1.54, 1.807) is 6.07 Å². The minimum absolute atomic E-state index is 0.284. The highest BCUT2D eigenvalue weighted by Crippen LogP contribution is 2.37. The summed E-state index contributed by atoms with van der Waals surface area (Å²) in [5.41, 5.74) is 8.47. The molecule has 0 heterocycles. The number of anilines is 2. The van der Waals surface area contributed by atoms with Crippen LogP contribution in [0.3, 0.4) is 0 Å². The quantitative estimate of drug-likeness (QED) is 0.181. The highest BCUT2D eigenvalue weighted by atomic mass is 16.4. The molecule has 0 saturated carbocycles. The van der Waals surface area contributed by atoms with Gasteiger partial charge in [0.05, 0.1) is 0 Å². The summed E-state index contributed by atoms with van der Waals surface area (Å²) in [6, 6.07) is 38.6. The third-order valence-corrected chi connectivity index (χ3v) is 7.11. The van der Waals surface area contributed by atoms with E-state index in [-0.39, 0.29) is 5.57 Å². The Morgan fingerprint density at radius 3 is 1.80 bits per heavy atom. The zero-order chi connectivity index (χ0) is 28.6. The fourth-order valence-electron chi connectivity index (χ4n) is 4.97. The van der Waals surface area contributed by atoms with Gasteiger partial charge in [-0.3, -0.25) is 0 Å². The number of allylic oxidation sites excluding steroid dienone is 5. The van der Waals surface area contributed by atoms with Gasteiger partial charge in [0.2, 0.25) is 0 Å². The van der Waals surface area contributed by atoms with E-state index in [1.807, 2.05) is 36.4 Å². The molecular formula is C37H30N2O2. The highest BCUT2D eigenvalue weighted by molar-refractivity contribution is 5.96. The molecule has 1 aliphatic carbocycles. The van der Waals surface area contributed by atoms with Crippen LogP contribution < -0.4 is 4.90 Å². The first-order valence-electron chi connectivity index (χ1n) is 13.6. The molecule has 0 aliphatic heterocycles. The van der Waals surface area contributed by atoms with E-state index in [1.165, 1.54) is 17.3 Å². The van der Waals surface area contributed by atoms with Crippen LogP contribution in [0.15, 0.2) is 144 Å². The summed E-state index contributed by atoms with van der Waals surface area (Å²) in [4.78, 5) is 13.4. The lowest BCUT2D eigenvalue weighted by molar-refractivity contribution is -0.132. The van der Waals surface area contributed by atoms with E-state index in [9.17, 15) is 4.79 Å². The van der Waals surface area contributed by atoms with Gasteiger partial charge in [-0.05, 0) is 70.7 Å². The van der Waals surface area contributed by atoms with Gasteiger partial charge >= 0.3 is 5.97 Å². The molecule has 200 valence electrons. The molecule has 1 unspecified atom stereocenters. The first kappa shape index (κ1) is 27.2. The summed E-state index contributed by atoms with van der Waals surface area (Å²) in [6.45, 7) is 2.28. The number of carbonyl (C=O) groups is 1. The van der Waals surface area contributed by atoms with Crippen LogP contribution >= 0.6 is 0 Å². The van der Waals surface area contributed by atoms with Crippen molar-refractivity contribution in [3.8, 4) is 17.2 Å². The van der Waals surface area contributed by atoms with E-state index in [0.717, 1.165) is 34.5 Å². The molecule has 41 heavy (non-hydrogen) atoms. The first-order valence-corrected chi connectivity index (χ1v) is 13.6. The van der Waals surface area contributed by atoms with E-state index >= 15 is 0 Å². The summed E-state index contributed by atoms with van der Waals surface area (Å²) < 4.78 is 0. The van der Waals surface area contributed by atoms with Crippen molar-refractivity contribution < 1.29 is 9.90 Å². The average molecular weight is 535 g/mol. The molecule has 4 aromatic rings. The number of carboxylic acids is 1. The van der Waals surface area contributed by atoms with Crippen LogP contribution in [-0.2, 0) is 4.79 Å². The summed E-state index contributed by atoms with van der Waals surface area (Å²) in [6.07, 6.45) is 11.1. The zero-order valence-corrected chi connectivity index (χ0v) is 22.8. The Hall–Kier alpha value is -5.40. The molecule has 4 nitrogen and oxygen atoms in total. The van der Waals surface area contributed by atoms with Gasteiger partial charge in [-0.2, -0.15) is 5.26 Å². The number of benzene rings is 4. The predicted octanol–water partition coefficient (Wildman–Crippen LogP) is 9.05. The molecule has 4 heteroatoms. The third kappa shape index (κ3) is 6.61. The second kappa shape index (κ2) is 12.6. The maximum absolute atomic E-state index is 11.1. The summed E-state index contributed by atoms with van der Waals surface area (Å²) in [5, 5.41) is 18.0. The Labute approximate surface area is 241 Å². The van der Waals surface area contributed by atoms with Crippen molar-refractivity contribution in [2.75, 3.05) is 4.90 Å². The van der Waals surface area contributed by atoms with Gasteiger partial charge in [-0.25, -0.2) is 4.79 Å². The fraction of sp³-hybridized carbons (Fsp3) is 0.0811. The lowest BCUT2D eigenvalue weighted by Gasteiger charge is -2.33. The molecule has 0 saturated heterocycles. The molecule has 1 N–H and O–H groups in total. The Kier molecular flexibility index (Phi) is 8.38. The van der Waals surface area contributed by atoms with Gasteiger partial charge in [0.1, 0.15) is 11.6 Å². The van der Waals surface area contributed by atoms with Crippen molar-refractivity contribution in [3.63, 3.8) is 0 Å². The standard InChI is InChI=1S/C37H30N2O2/c1-27-24-29(18-23-36(27)39(34-8-4-2-5-9-34)35-10-6-3-7-11-35)13-12-28-14-19-31(20-15-28)32-21-16-30(17-22-32)25-33(26-38)37(40)41/h2-23,25,27H,24H2,1H3,(H,40,41)/b13-12+,33-25-. The molecule has 1 atom stereocenters. The molecule has 0 amide bonds. The number of para-hydroxylation sites is 2. The molecule has 0 spiro atoms. The van der Waals surface area contributed by atoms with Crippen molar-refractivity contribution in [1.82, 2.24) is 0 Å². The van der Waals surface area contributed by atoms with Gasteiger partial charge in [0.15, 0.2) is 0 Å². The van der Waals surface area contributed by atoms with E-state index < -0.39 is 5.97 Å². The number of carboxylic acid groups (broad SMARTS) is 1. The molecule has 4 aromatic carbocycles. The van der Waals surface area contributed by atoms with Crippen molar-refractivity contribution in [2.24, 2.45) is 5.92 Å². The maximum atomic E-state index is 11.1. The SMILES string of the molecule is CC1CC(/C=C/c2ccc(-c3ccc(/C=C(/C#N)C(=O)O)cc3)cc2)=CC=C1N(c1ccccc1)c1ccccc1. The van der Waals surface area contributed by atoms with E-state index in [4.69, 9.17) is 10.4 Å². The molecule has 5 rings (SSSR count). The van der Waals surface area contributed by atoms with Crippen LogP contribution in [0.5, 0.6) is 0 Å². The molecule has 0 bridgehead atoms. The van der Waals surface area contributed by atoms with Gasteiger partial charge in [-0.1, -0.05) is 110 Å². The van der Waals surface area contributed by atoms with Crippen molar-refractivity contribution >= 4 is 29.5 Å². The van der Waals surface area contributed by atoms with Gasteiger partial charge in [0.25, 0.3) is 0 Å². The minimum Gasteiger partial charge on any atom is -0.477 e. The molecule has 0 fully saturated rings. The Morgan fingerprint density at radius 1 is 0.780 bits per heavy atom. The predicted molar refractivity (Wildman–Crippen MR) is 167 cm³/mol. The fourth-order valence-corrected chi connectivity index (χ4v) is 4.97. The number of nitriles is 1. The monoisotopic (exact) mass is 534 g/mol. The third-order valence-electron chi connectivity index (χ3n) is 7.11. The van der Waals surface area contributed by atoms with Crippen molar-refractivity contribution in [3.05, 3.63) is 155 Å². The number of nitrogens with zero attached hydrogens (tertiary/aromatic N) is 2. The van der Waals surface area contributed by atoms with Crippen LogP contribution in [0.25, 0.3) is 23.3 Å². The summed E-state index contributed by atoms with van der Waals surface area (Å²) >= 11 is 0. The summed E-state index contributed by atoms with van der Waals surface area (Å²) in [7, 11) is 0. The number of hydrogen-bond acceptors (Lipinski definition) is 3. The second-order valence-electron chi connectivity index (χ2n) is 10.00. The van der Waals surface area contributed by atoms with Crippen LogP contribution in [0, 0.1) is 17.2 Å². The number of hydrogen-bond donors (Lipinski definition) is 1. The van der Waals surface area contributed by atoms with Crippen LogP contribution in [0.1, 0.15) is 24.5 Å². The smallest absolute Gasteiger partial charge is 0.346 e. The largest absolute Gasteiger partial charge is 0.477 e. The van der Waals surface area contributed by atoms with Gasteiger partial charge in [0, 0.05) is 23.0 Å². The van der Waals surface area contributed by atoms with Crippen molar-refractivity contribution in [2.45, 2.75) is 13.3 Å². The average Bonchev–Trinajstić information content (AvgIpc) is 3.01. The van der Waals surface area contributed by atoms with Crippen molar-refractivity contribution in [1.29, 1.82) is 5.26 Å². The maximum Gasteiger partial charge on any atom is 0.346 e. The summed E-state index contributed by atoms with van der Waals surface area (Å²) in [5.74, 6) is -0.878. The molecule has 0 aromatic heterocycles. The lowest BCUT2D eigenvalue weighted by atomic mass is 9.90. The number of rotatable bonds is 8. The zero-order valence-electron chi connectivity index (χ0n) is 22.8. The van der Waals surface area contributed by atoms with Gasteiger partial charge < -0.3 is 10.0 Å². The van der Waals surface area contributed by atoms with Crippen LogP contribution in [0.2, 0.25) is 0 Å². The highest BCUT2D eigenvalue weighted by Gasteiger charge is 2.22. The van der Waals surface area contributed by atoms with Crippen LogP contribution in [0.4, 0.5) is 11.4 Å². The first-order chi connectivity index (χ1) is 20.0. The van der Waals surface area contributed by atoms with Crippen LogP contribution in [-0.4, -0.2) is 11.1 Å². The second-order valence-corrected chi connectivity index (χ2v) is 10.00. The Balaban J connectivity index is 1.31. The Bertz CT molecular complexity index is 1630.